The number of rotatable bonds is 11. The minimum atomic E-state index is -5.08. The molecule has 5 amide bonds. The van der Waals surface area contributed by atoms with Crippen LogP contribution >= 0.6 is 31.9 Å². The highest BCUT2D eigenvalue weighted by Gasteiger charge is 2.38. The van der Waals surface area contributed by atoms with E-state index >= 15 is 0 Å². The van der Waals surface area contributed by atoms with Crippen LogP contribution in [0.4, 0.5) is 34.1 Å². The molecule has 3 N–H and O–H groups in total. The van der Waals surface area contributed by atoms with Crippen molar-refractivity contribution in [3.63, 3.8) is 0 Å². The van der Waals surface area contributed by atoms with Gasteiger partial charge in [0.05, 0.1) is 49.2 Å². The topological polar surface area (TPSA) is 205 Å². The molecule has 6 rings (SSSR count). The normalized spacial score (nSPS) is 15.5. The van der Waals surface area contributed by atoms with Gasteiger partial charge in [-0.15, -0.1) is 0 Å². The summed E-state index contributed by atoms with van der Waals surface area (Å²) in [4.78, 5) is 67.3. The number of ketones is 2. The summed E-state index contributed by atoms with van der Waals surface area (Å²) < 4.78 is 85.4. The lowest BCUT2D eigenvalue weighted by Gasteiger charge is -2.33. The highest BCUT2D eigenvalue weighted by molar-refractivity contribution is 9.10. The SMILES string of the molecule is NCC(=O)c1ccc(CN(C(=O)N2CCS(=O)(=O)CC2)c2ccc(Br)cc2)cc1.O=C(CNC(=O)C(F)(F)F)c1ccc(CN(C(=O)N2CCS(=O)(=O)CC2)c2ccc(Br)cc2)cc1. The molecule has 4 aromatic rings. The molecule has 2 fully saturated rings. The molecule has 64 heavy (non-hydrogen) atoms. The van der Waals surface area contributed by atoms with Crippen LogP contribution in [0.25, 0.3) is 0 Å². The Morgan fingerprint density at radius 2 is 0.922 bits per heavy atom. The van der Waals surface area contributed by atoms with Gasteiger partial charge in [0.2, 0.25) is 0 Å². The Morgan fingerprint density at radius 3 is 1.25 bits per heavy atom. The zero-order valence-electron chi connectivity index (χ0n) is 34.0. The molecule has 0 unspecified atom stereocenters. The van der Waals surface area contributed by atoms with Crippen molar-refractivity contribution in [3.05, 3.63) is 128 Å². The third-order valence-electron chi connectivity index (χ3n) is 10.1. The first-order chi connectivity index (χ1) is 30.1. The smallest absolute Gasteiger partial charge is 0.341 e. The van der Waals surface area contributed by atoms with E-state index in [0.29, 0.717) is 29.0 Å². The van der Waals surface area contributed by atoms with E-state index in [0.717, 1.165) is 14.5 Å². The predicted octanol–water partition coefficient (Wildman–Crippen LogP) is 5.61. The highest BCUT2D eigenvalue weighted by atomic mass is 79.9. The number of hydrogen-bond acceptors (Lipinski definition) is 10. The van der Waals surface area contributed by atoms with Gasteiger partial charge in [0.15, 0.2) is 31.2 Å². The number of nitrogens with one attached hydrogen (secondary N) is 1. The molecule has 2 heterocycles. The van der Waals surface area contributed by atoms with Crippen molar-refractivity contribution >= 4 is 92.4 Å². The van der Waals surface area contributed by atoms with Gasteiger partial charge in [-0.1, -0.05) is 80.4 Å². The molecule has 0 saturated carbocycles. The lowest BCUT2D eigenvalue weighted by Crippen LogP contribution is -2.49. The van der Waals surface area contributed by atoms with Gasteiger partial charge in [-0.25, -0.2) is 26.4 Å². The Kier molecular flexibility index (Phi) is 16.9. The Morgan fingerprint density at radius 1 is 0.578 bits per heavy atom. The van der Waals surface area contributed by atoms with E-state index in [-0.39, 0.29) is 85.7 Å². The summed E-state index contributed by atoms with van der Waals surface area (Å²) in [6, 6.07) is 26.6. The van der Waals surface area contributed by atoms with Crippen LogP contribution in [-0.4, -0.2) is 125 Å². The number of Topliss-reactive ketones (excluding diaryl/α,β-unsaturated/α-hetero) is 2. The number of nitrogens with two attached hydrogens (primary N) is 1. The fourth-order valence-electron chi connectivity index (χ4n) is 6.37. The molecular formula is C42H43Br2F3N6O9S2. The van der Waals surface area contributed by atoms with Crippen molar-refractivity contribution in [2.24, 2.45) is 5.73 Å². The number of benzene rings is 4. The average molecular weight is 1060 g/mol. The first-order valence-electron chi connectivity index (χ1n) is 19.5. The predicted molar refractivity (Wildman–Crippen MR) is 242 cm³/mol. The molecule has 0 radical (unpaired) electrons. The Hall–Kier alpha value is -5.16. The van der Waals surface area contributed by atoms with Crippen molar-refractivity contribution in [3.8, 4) is 0 Å². The monoisotopic (exact) mass is 1050 g/mol. The molecule has 2 aliphatic rings. The lowest BCUT2D eigenvalue weighted by atomic mass is 10.1. The number of urea groups is 2. The third-order valence-corrected chi connectivity index (χ3v) is 14.3. The summed E-state index contributed by atoms with van der Waals surface area (Å²) in [5, 5.41) is 1.53. The van der Waals surface area contributed by atoms with E-state index in [1.54, 1.807) is 70.5 Å². The van der Waals surface area contributed by atoms with Crippen molar-refractivity contribution in [1.29, 1.82) is 0 Å². The van der Waals surface area contributed by atoms with Gasteiger partial charge >= 0.3 is 24.1 Å². The van der Waals surface area contributed by atoms with Crippen LogP contribution in [0.1, 0.15) is 31.8 Å². The number of carbonyl (C=O) groups excluding carboxylic acids is 5. The summed E-state index contributed by atoms with van der Waals surface area (Å²) in [5.74, 6) is -3.33. The van der Waals surface area contributed by atoms with Crippen LogP contribution in [0.15, 0.2) is 106 Å². The number of alkyl halides is 3. The van der Waals surface area contributed by atoms with Crippen LogP contribution in [0, 0.1) is 0 Å². The molecule has 4 aromatic carbocycles. The van der Waals surface area contributed by atoms with Gasteiger partial charge < -0.3 is 20.9 Å². The zero-order chi connectivity index (χ0) is 46.8. The van der Waals surface area contributed by atoms with E-state index in [2.05, 4.69) is 31.9 Å². The molecule has 0 bridgehead atoms. The summed E-state index contributed by atoms with van der Waals surface area (Å²) >= 11 is 6.73. The first-order valence-corrected chi connectivity index (χ1v) is 24.7. The van der Waals surface area contributed by atoms with Crippen LogP contribution in [0.5, 0.6) is 0 Å². The Labute approximate surface area is 384 Å². The number of amides is 5. The quantitative estimate of drug-likeness (QED) is 0.178. The number of nitrogens with zero attached hydrogens (tertiary/aromatic N) is 4. The van der Waals surface area contributed by atoms with Crippen LogP contribution in [-0.2, 0) is 37.6 Å². The molecule has 2 aliphatic heterocycles. The lowest BCUT2D eigenvalue weighted by molar-refractivity contribution is -0.173. The second-order valence-electron chi connectivity index (χ2n) is 14.6. The maximum Gasteiger partial charge on any atom is 0.471 e. The van der Waals surface area contributed by atoms with Crippen molar-refractivity contribution < 1.29 is 54.0 Å². The number of anilines is 2. The van der Waals surface area contributed by atoms with Crippen molar-refractivity contribution in [2.45, 2.75) is 19.3 Å². The molecule has 2 saturated heterocycles. The number of sulfone groups is 2. The second-order valence-corrected chi connectivity index (χ2v) is 21.0. The maximum atomic E-state index is 13.3. The Balaban J connectivity index is 0.000000245. The maximum absolute atomic E-state index is 13.3. The van der Waals surface area contributed by atoms with Gasteiger partial charge in [0.1, 0.15) is 0 Å². The van der Waals surface area contributed by atoms with Crippen LogP contribution < -0.4 is 20.9 Å². The van der Waals surface area contributed by atoms with Gasteiger partial charge in [0, 0.05) is 57.6 Å². The van der Waals surface area contributed by atoms with Crippen molar-refractivity contribution in [2.75, 3.05) is 72.1 Å². The standard InChI is InChI=1S/C22H21BrF3N3O5S.C20H22BrN3O4S/c23-17-5-7-18(8-6-17)29(21(32)28-9-11-35(33,34)12-10-28)14-15-1-3-16(4-2-15)19(30)13-27-20(31)22(24,25)26;21-17-5-7-18(8-6-17)24(20(26)23-9-11-29(27,28)12-10-23)14-15-1-3-16(4-2-15)19(25)13-22/h1-8H,9-14H2,(H,27,31);1-8H,9-14,22H2. The minimum Gasteiger partial charge on any atom is -0.341 e. The number of halogens is 5. The van der Waals surface area contributed by atoms with Crippen LogP contribution in [0.3, 0.4) is 0 Å². The van der Waals surface area contributed by atoms with Gasteiger partial charge in [-0.05, 0) is 59.7 Å². The molecule has 0 atom stereocenters. The van der Waals surface area contributed by atoms with Gasteiger partial charge in [-0.2, -0.15) is 13.2 Å². The fourth-order valence-corrected chi connectivity index (χ4v) is 9.30. The molecule has 0 aromatic heterocycles. The van der Waals surface area contributed by atoms with Crippen molar-refractivity contribution in [1.82, 2.24) is 15.1 Å². The summed E-state index contributed by atoms with van der Waals surface area (Å²) in [7, 11) is -6.25. The van der Waals surface area contributed by atoms with E-state index < -0.39 is 44.1 Å². The zero-order valence-corrected chi connectivity index (χ0v) is 38.8. The molecule has 22 heteroatoms. The molecule has 0 aliphatic carbocycles. The number of carbonyl (C=O) groups is 5. The number of hydrogen-bond donors (Lipinski definition) is 2. The van der Waals surface area contributed by atoms with E-state index in [1.807, 2.05) is 24.3 Å². The minimum absolute atomic E-state index is 0.0250. The van der Waals surface area contributed by atoms with Gasteiger partial charge in [-0.3, -0.25) is 24.2 Å². The van der Waals surface area contributed by atoms with E-state index in [1.165, 1.54) is 27.2 Å². The highest BCUT2D eigenvalue weighted by Crippen LogP contribution is 2.25. The molecular weight excluding hydrogens is 1010 g/mol. The van der Waals surface area contributed by atoms with Crippen LogP contribution in [0.2, 0.25) is 0 Å². The summed E-state index contributed by atoms with van der Waals surface area (Å²) in [6.45, 7) is 0.0381. The molecule has 342 valence electrons. The summed E-state index contributed by atoms with van der Waals surface area (Å²) in [6.07, 6.45) is -5.08. The van der Waals surface area contributed by atoms with E-state index in [9.17, 15) is 54.0 Å². The second kappa shape index (κ2) is 21.7. The Bertz CT molecular complexity index is 2520. The molecule has 15 nitrogen and oxygen atoms in total. The molecule has 0 spiro atoms. The summed E-state index contributed by atoms with van der Waals surface area (Å²) in [5.41, 5.74) is 8.77. The first kappa shape index (κ1) is 49.8. The van der Waals surface area contributed by atoms with E-state index in [4.69, 9.17) is 5.73 Å². The fraction of sp³-hybridized carbons (Fsp3) is 0.310. The average Bonchev–Trinajstić information content (AvgIpc) is 3.26. The van der Waals surface area contributed by atoms with Gasteiger partial charge in [0.25, 0.3) is 0 Å². The third kappa shape index (κ3) is 14.2. The largest absolute Gasteiger partial charge is 0.471 e.